The van der Waals surface area contributed by atoms with Crippen molar-refractivity contribution in [3.05, 3.63) is 11.6 Å². The summed E-state index contributed by atoms with van der Waals surface area (Å²) in [6, 6.07) is 0. The van der Waals surface area contributed by atoms with Crippen LogP contribution in [0.5, 0.6) is 0 Å². The Hall–Kier alpha value is -0.600. The van der Waals surface area contributed by atoms with E-state index in [1.807, 2.05) is 13.8 Å². The third-order valence-electron chi connectivity index (χ3n) is 2.89. The standard InChI is InChI=1S/C15H29O4P/c1-5-7-8-9-10-14(15(16)17)12-20(18,19-6-2)11-13(3)4/h10,13H,5-9,11-12H2,1-4H3,(H,16,17). The van der Waals surface area contributed by atoms with Gasteiger partial charge in [0.25, 0.3) is 0 Å². The van der Waals surface area contributed by atoms with E-state index in [4.69, 9.17) is 4.52 Å². The van der Waals surface area contributed by atoms with Crippen molar-refractivity contribution in [2.45, 2.75) is 53.4 Å². The zero-order valence-corrected chi connectivity index (χ0v) is 14.1. The number of aliphatic carboxylic acids is 1. The third kappa shape index (κ3) is 8.55. The van der Waals surface area contributed by atoms with Crippen LogP contribution in [-0.2, 0) is 13.9 Å². The van der Waals surface area contributed by atoms with Gasteiger partial charge in [-0.1, -0.05) is 39.7 Å². The van der Waals surface area contributed by atoms with E-state index >= 15 is 0 Å². The Morgan fingerprint density at radius 1 is 1.30 bits per heavy atom. The molecule has 0 amide bonds. The molecule has 0 saturated heterocycles. The molecular formula is C15H29O4P. The Morgan fingerprint density at radius 2 is 1.95 bits per heavy atom. The number of allylic oxidation sites excluding steroid dienone is 1. The lowest BCUT2D eigenvalue weighted by Gasteiger charge is -2.20. The summed E-state index contributed by atoms with van der Waals surface area (Å²) in [5, 5.41) is 9.25. The summed E-state index contributed by atoms with van der Waals surface area (Å²) in [6.45, 7) is 8.19. The molecule has 20 heavy (non-hydrogen) atoms. The van der Waals surface area contributed by atoms with Crippen LogP contribution in [0.2, 0.25) is 0 Å². The summed E-state index contributed by atoms with van der Waals surface area (Å²) in [6.07, 6.45) is 6.06. The van der Waals surface area contributed by atoms with Crippen molar-refractivity contribution in [1.29, 1.82) is 0 Å². The zero-order valence-electron chi connectivity index (χ0n) is 13.2. The highest BCUT2D eigenvalue weighted by Crippen LogP contribution is 2.50. The van der Waals surface area contributed by atoms with Crippen molar-refractivity contribution in [2.75, 3.05) is 18.9 Å². The Bertz CT molecular complexity index is 361. The van der Waals surface area contributed by atoms with Crippen LogP contribution in [0, 0.1) is 5.92 Å². The summed E-state index contributed by atoms with van der Waals surface area (Å²) in [5.74, 6) is -0.757. The van der Waals surface area contributed by atoms with Crippen LogP contribution >= 0.6 is 7.37 Å². The molecular weight excluding hydrogens is 275 g/mol. The molecule has 0 spiro atoms. The van der Waals surface area contributed by atoms with Crippen LogP contribution in [0.3, 0.4) is 0 Å². The number of carboxylic acid groups (broad SMARTS) is 1. The predicted molar refractivity (Wildman–Crippen MR) is 83.7 cm³/mol. The summed E-state index contributed by atoms with van der Waals surface area (Å²) < 4.78 is 18.1. The highest BCUT2D eigenvalue weighted by atomic mass is 31.2. The van der Waals surface area contributed by atoms with E-state index in [1.54, 1.807) is 13.0 Å². The topological polar surface area (TPSA) is 63.6 Å². The molecule has 1 unspecified atom stereocenters. The van der Waals surface area contributed by atoms with E-state index in [0.717, 1.165) is 25.7 Å². The molecule has 5 heteroatoms. The van der Waals surface area contributed by atoms with Gasteiger partial charge in [0.05, 0.1) is 12.8 Å². The average Bonchev–Trinajstić information content (AvgIpc) is 2.32. The molecule has 0 aliphatic carbocycles. The van der Waals surface area contributed by atoms with Crippen LogP contribution in [0.25, 0.3) is 0 Å². The molecule has 0 bridgehead atoms. The molecule has 0 saturated carbocycles. The first-order valence-corrected chi connectivity index (χ1v) is 9.49. The molecule has 1 N–H and O–H groups in total. The number of carbonyl (C=O) groups is 1. The van der Waals surface area contributed by atoms with Gasteiger partial charge in [-0.15, -0.1) is 0 Å². The first-order chi connectivity index (χ1) is 9.34. The first-order valence-electron chi connectivity index (χ1n) is 7.49. The lowest BCUT2D eigenvalue weighted by molar-refractivity contribution is -0.132. The fourth-order valence-electron chi connectivity index (χ4n) is 2.10. The zero-order chi connectivity index (χ0) is 15.6. The molecule has 0 aromatic carbocycles. The van der Waals surface area contributed by atoms with Gasteiger partial charge in [-0.3, -0.25) is 4.57 Å². The van der Waals surface area contributed by atoms with Gasteiger partial charge in [0, 0.05) is 11.7 Å². The van der Waals surface area contributed by atoms with Crippen LogP contribution in [0.4, 0.5) is 0 Å². The van der Waals surface area contributed by atoms with Gasteiger partial charge in [-0.05, 0) is 25.7 Å². The molecule has 118 valence electrons. The van der Waals surface area contributed by atoms with Crippen molar-refractivity contribution in [3.8, 4) is 0 Å². The normalized spacial score (nSPS) is 15.3. The SMILES string of the molecule is CCCCCC=C(CP(=O)(CC(C)C)OCC)C(=O)O. The largest absolute Gasteiger partial charge is 0.478 e. The van der Waals surface area contributed by atoms with E-state index < -0.39 is 13.3 Å². The maximum atomic E-state index is 12.7. The van der Waals surface area contributed by atoms with Crippen LogP contribution in [0.15, 0.2) is 11.6 Å². The van der Waals surface area contributed by atoms with E-state index in [0.29, 0.717) is 12.8 Å². The second kappa shape index (κ2) is 10.2. The molecule has 0 aliphatic heterocycles. The van der Waals surface area contributed by atoms with Crippen molar-refractivity contribution >= 4 is 13.3 Å². The van der Waals surface area contributed by atoms with Crippen LogP contribution in [-0.4, -0.2) is 30.0 Å². The molecule has 0 rings (SSSR count). The van der Waals surface area contributed by atoms with E-state index in [-0.39, 0.29) is 17.7 Å². The van der Waals surface area contributed by atoms with Crippen molar-refractivity contribution in [2.24, 2.45) is 5.92 Å². The fourth-order valence-corrected chi connectivity index (χ4v) is 4.80. The van der Waals surface area contributed by atoms with Gasteiger partial charge in [-0.25, -0.2) is 4.79 Å². The minimum Gasteiger partial charge on any atom is -0.478 e. The van der Waals surface area contributed by atoms with Gasteiger partial charge >= 0.3 is 5.97 Å². The Kier molecular flexibility index (Phi) is 9.87. The minimum atomic E-state index is -2.89. The molecule has 1 atom stereocenters. The molecule has 0 radical (unpaired) electrons. The van der Waals surface area contributed by atoms with Gasteiger partial charge in [-0.2, -0.15) is 0 Å². The van der Waals surface area contributed by atoms with E-state index in [2.05, 4.69) is 6.92 Å². The third-order valence-corrected chi connectivity index (χ3v) is 5.73. The average molecular weight is 304 g/mol. The predicted octanol–water partition coefficient (Wildman–Crippen LogP) is 4.55. The lowest BCUT2D eigenvalue weighted by Crippen LogP contribution is -2.11. The van der Waals surface area contributed by atoms with Gasteiger partial charge in [0.2, 0.25) is 7.37 Å². The molecule has 0 heterocycles. The molecule has 0 fully saturated rings. The highest BCUT2D eigenvalue weighted by Gasteiger charge is 2.27. The monoisotopic (exact) mass is 304 g/mol. The summed E-state index contributed by atoms with van der Waals surface area (Å²) in [7, 11) is -2.89. The van der Waals surface area contributed by atoms with E-state index in [9.17, 15) is 14.5 Å². The first kappa shape index (κ1) is 19.4. The molecule has 0 aliphatic rings. The Balaban J connectivity index is 4.82. The number of carboxylic acids is 1. The number of hydrogen-bond donors (Lipinski definition) is 1. The summed E-state index contributed by atoms with van der Waals surface area (Å²) in [4.78, 5) is 11.3. The van der Waals surface area contributed by atoms with Gasteiger partial charge < -0.3 is 9.63 Å². The minimum absolute atomic E-state index is 0.0421. The molecule has 4 nitrogen and oxygen atoms in total. The Morgan fingerprint density at radius 3 is 2.40 bits per heavy atom. The van der Waals surface area contributed by atoms with Crippen LogP contribution in [0.1, 0.15) is 53.4 Å². The second-order valence-electron chi connectivity index (χ2n) is 5.50. The maximum absolute atomic E-state index is 12.7. The Labute approximate surface area is 123 Å². The smallest absolute Gasteiger partial charge is 0.331 e. The van der Waals surface area contributed by atoms with Crippen molar-refractivity contribution in [3.63, 3.8) is 0 Å². The maximum Gasteiger partial charge on any atom is 0.331 e. The van der Waals surface area contributed by atoms with E-state index in [1.165, 1.54) is 0 Å². The van der Waals surface area contributed by atoms with Gasteiger partial charge in [0.1, 0.15) is 0 Å². The second-order valence-corrected chi connectivity index (χ2v) is 8.07. The van der Waals surface area contributed by atoms with Crippen molar-refractivity contribution in [1.82, 2.24) is 0 Å². The fraction of sp³-hybridized carbons (Fsp3) is 0.800. The van der Waals surface area contributed by atoms with Crippen LogP contribution < -0.4 is 0 Å². The quantitative estimate of drug-likeness (QED) is 0.345. The lowest BCUT2D eigenvalue weighted by atomic mass is 10.1. The molecule has 0 aromatic rings. The summed E-state index contributed by atoms with van der Waals surface area (Å²) >= 11 is 0. The number of unbranched alkanes of at least 4 members (excludes halogenated alkanes) is 3. The van der Waals surface area contributed by atoms with Gasteiger partial charge in [0.15, 0.2) is 0 Å². The molecule has 0 aromatic heterocycles. The number of rotatable bonds is 11. The number of hydrogen-bond acceptors (Lipinski definition) is 3. The van der Waals surface area contributed by atoms with Crippen molar-refractivity contribution < 1.29 is 19.0 Å². The summed E-state index contributed by atoms with van der Waals surface area (Å²) in [5.41, 5.74) is 0.235. The highest BCUT2D eigenvalue weighted by molar-refractivity contribution is 7.59.